The van der Waals surface area contributed by atoms with Crippen LogP contribution in [0.4, 0.5) is 0 Å². The van der Waals surface area contributed by atoms with Crippen LogP contribution in [0.15, 0.2) is 17.0 Å². The Morgan fingerprint density at radius 2 is 2.00 bits per heavy atom. The lowest BCUT2D eigenvalue weighted by molar-refractivity contribution is 0.00439. The van der Waals surface area contributed by atoms with E-state index in [1.54, 1.807) is 13.8 Å². The maximum atomic E-state index is 12.0. The van der Waals surface area contributed by atoms with Crippen LogP contribution >= 0.6 is 23.2 Å². The Bertz CT molecular complexity index is 633. The number of hydrogen-bond donors (Lipinski definition) is 1. The zero-order chi connectivity index (χ0) is 16.2. The molecule has 0 saturated carbocycles. The van der Waals surface area contributed by atoms with Gasteiger partial charge in [0.05, 0.1) is 17.2 Å². The van der Waals surface area contributed by atoms with Crippen LogP contribution in [0.2, 0.25) is 10.0 Å². The smallest absolute Gasteiger partial charge is 0.340 e. The summed E-state index contributed by atoms with van der Waals surface area (Å²) in [6, 6.07) is 2.29. The van der Waals surface area contributed by atoms with Crippen LogP contribution in [0, 0.1) is 0 Å². The third-order valence-electron chi connectivity index (χ3n) is 2.40. The number of ether oxygens (including phenoxy) is 2. The van der Waals surface area contributed by atoms with Crippen molar-refractivity contribution in [2.24, 2.45) is 5.14 Å². The molecule has 0 radical (unpaired) electrons. The molecule has 0 fully saturated rings. The van der Waals surface area contributed by atoms with Gasteiger partial charge in [-0.2, -0.15) is 0 Å². The van der Waals surface area contributed by atoms with Gasteiger partial charge in [0.25, 0.3) is 0 Å². The average Bonchev–Trinajstić information content (AvgIpc) is 2.37. The van der Waals surface area contributed by atoms with Crippen molar-refractivity contribution in [3.8, 4) is 0 Å². The molecule has 1 aromatic carbocycles. The van der Waals surface area contributed by atoms with E-state index in [4.69, 9.17) is 37.8 Å². The monoisotopic (exact) mass is 355 g/mol. The van der Waals surface area contributed by atoms with Crippen LogP contribution in [-0.4, -0.2) is 33.7 Å². The second kappa shape index (κ2) is 7.42. The molecule has 9 heteroatoms. The molecule has 6 nitrogen and oxygen atoms in total. The minimum atomic E-state index is -4.10. The summed E-state index contributed by atoms with van der Waals surface area (Å²) in [6.45, 7) is 4.13. The molecule has 0 heterocycles. The van der Waals surface area contributed by atoms with E-state index in [2.05, 4.69) is 0 Å². The van der Waals surface area contributed by atoms with Crippen LogP contribution < -0.4 is 5.14 Å². The normalized spacial score (nSPS) is 13.0. The van der Waals surface area contributed by atoms with E-state index in [1.807, 2.05) is 0 Å². The molecule has 0 spiro atoms. The maximum Gasteiger partial charge on any atom is 0.340 e. The number of esters is 1. The van der Waals surface area contributed by atoms with Crippen molar-refractivity contribution in [3.05, 3.63) is 27.7 Å². The molecule has 1 unspecified atom stereocenters. The number of halogens is 2. The third-order valence-corrected chi connectivity index (χ3v) is 4.07. The lowest BCUT2D eigenvalue weighted by Gasteiger charge is -2.14. The second-order valence-electron chi connectivity index (χ2n) is 4.19. The van der Waals surface area contributed by atoms with Gasteiger partial charge in [0.1, 0.15) is 11.0 Å². The summed E-state index contributed by atoms with van der Waals surface area (Å²) in [4.78, 5) is 11.6. The highest BCUT2D eigenvalue weighted by atomic mass is 35.5. The topological polar surface area (TPSA) is 95.7 Å². The summed E-state index contributed by atoms with van der Waals surface area (Å²) in [6.07, 6.45) is -0.523. The Kier molecular flexibility index (Phi) is 6.42. The molecule has 0 saturated heterocycles. The predicted octanol–water partition coefficient (Wildman–Crippen LogP) is 2.22. The molecule has 1 rings (SSSR count). The zero-order valence-corrected chi connectivity index (χ0v) is 13.8. The van der Waals surface area contributed by atoms with Gasteiger partial charge in [-0.05, 0) is 26.0 Å². The van der Waals surface area contributed by atoms with Gasteiger partial charge in [0.15, 0.2) is 0 Å². The van der Waals surface area contributed by atoms with Crippen molar-refractivity contribution in [1.82, 2.24) is 0 Å². The fraction of sp³-hybridized carbons (Fsp3) is 0.417. The van der Waals surface area contributed by atoms with Crippen LogP contribution in [0.3, 0.4) is 0 Å². The van der Waals surface area contributed by atoms with Crippen molar-refractivity contribution in [2.45, 2.75) is 24.8 Å². The zero-order valence-electron chi connectivity index (χ0n) is 11.4. The quantitative estimate of drug-likeness (QED) is 0.789. The van der Waals surface area contributed by atoms with Crippen LogP contribution in [0.25, 0.3) is 0 Å². The molecule has 1 aromatic rings. The number of primary sulfonamides is 1. The third kappa shape index (κ3) is 5.12. The van der Waals surface area contributed by atoms with Crippen LogP contribution in [-0.2, 0) is 19.5 Å². The van der Waals surface area contributed by atoms with E-state index in [0.717, 1.165) is 6.07 Å². The summed E-state index contributed by atoms with van der Waals surface area (Å²) in [5.41, 5.74) is -0.170. The first-order valence-electron chi connectivity index (χ1n) is 5.97. The van der Waals surface area contributed by atoms with Crippen molar-refractivity contribution >= 4 is 39.2 Å². The summed E-state index contributed by atoms with van der Waals surface area (Å²) in [5, 5.41) is 4.70. The second-order valence-corrected chi connectivity index (χ2v) is 6.53. The predicted molar refractivity (Wildman–Crippen MR) is 79.2 cm³/mol. The van der Waals surface area contributed by atoms with E-state index in [0.29, 0.717) is 6.61 Å². The van der Waals surface area contributed by atoms with Gasteiger partial charge < -0.3 is 9.47 Å². The van der Waals surface area contributed by atoms with Crippen molar-refractivity contribution in [3.63, 3.8) is 0 Å². The van der Waals surface area contributed by atoms with Gasteiger partial charge in [-0.3, -0.25) is 0 Å². The molecule has 2 N–H and O–H groups in total. The Balaban J connectivity index is 3.08. The minimum Gasteiger partial charge on any atom is -0.457 e. The Morgan fingerprint density at radius 1 is 1.38 bits per heavy atom. The standard InChI is InChI=1S/C12H15Cl2NO5S/c1-3-19-6-7(2)20-12(16)9-4-8(13)5-10(11(9)14)21(15,17)18/h4-5,7H,3,6H2,1-2H3,(H2,15,17,18). The van der Waals surface area contributed by atoms with E-state index >= 15 is 0 Å². The first-order valence-corrected chi connectivity index (χ1v) is 8.27. The molecule has 0 bridgehead atoms. The summed E-state index contributed by atoms with van der Waals surface area (Å²) in [5.74, 6) is -0.806. The van der Waals surface area contributed by atoms with E-state index in [-0.39, 0.29) is 22.2 Å². The number of nitrogens with two attached hydrogens (primary N) is 1. The molecule has 21 heavy (non-hydrogen) atoms. The van der Waals surface area contributed by atoms with Crippen molar-refractivity contribution in [2.75, 3.05) is 13.2 Å². The summed E-state index contributed by atoms with van der Waals surface area (Å²) < 4.78 is 33.0. The highest BCUT2D eigenvalue weighted by Crippen LogP contribution is 2.29. The Morgan fingerprint density at radius 3 is 2.52 bits per heavy atom. The van der Waals surface area contributed by atoms with Crippen molar-refractivity contribution in [1.29, 1.82) is 0 Å². The van der Waals surface area contributed by atoms with Gasteiger partial charge in [-0.25, -0.2) is 18.4 Å². The Labute approximate surface area is 133 Å². The molecule has 0 aliphatic heterocycles. The molecule has 0 amide bonds. The highest BCUT2D eigenvalue weighted by molar-refractivity contribution is 7.89. The minimum absolute atomic E-state index is 0.00726. The number of carbonyl (C=O) groups is 1. The molecule has 1 atom stereocenters. The summed E-state index contributed by atoms with van der Waals surface area (Å²) >= 11 is 11.7. The van der Waals surface area contributed by atoms with Crippen LogP contribution in [0.5, 0.6) is 0 Å². The highest BCUT2D eigenvalue weighted by Gasteiger charge is 2.23. The lowest BCUT2D eigenvalue weighted by Crippen LogP contribution is -2.21. The largest absolute Gasteiger partial charge is 0.457 e. The molecular formula is C12H15Cl2NO5S. The fourth-order valence-electron chi connectivity index (χ4n) is 1.48. The molecule has 0 aromatic heterocycles. The first-order chi connectivity index (χ1) is 9.66. The van der Waals surface area contributed by atoms with Gasteiger partial charge in [0.2, 0.25) is 10.0 Å². The number of sulfonamides is 1. The van der Waals surface area contributed by atoms with Gasteiger partial charge in [-0.1, -0.05) is 23.2 Å². The summed E-state index contributed by atoms with van der Waals surface area (Å²) in [7, 11) is -4.10. The van der Waals surface area contributed by atoms with E-state index in [1.165, 1.54) is 6.07 Å². The average molecular weight is 356 g/mol. The SMILES string of the molecule is CCOCC(C)OC(=O)c1cc(Cl)cc(S(N)(=O)=O)c1Cl. The van der Waals surface area contributed by atoms with E-state index < -0.39 is 27.0 Å². The molecule has 0 aliphatic rings. The molecule has 118 valence electrons. The molecule has 0 aliphatic carbocycles. The van der Waals surface area contributed by atoms with Gasteiger partial charge in [-0.15, -0.1) is 0 Å². The first kappa shape index (κ1) is 18.2. The Hall–Kier alpha value is -0.860. The molecular weight excluding hydrogens is 341 g/mol. The number of rotatable bonds is 6. The number of benzene rings is 1. The number of carbonyl (C=O) groups excluding carboxylic acids is 1. The maximum absolute atomic E-state index is 12.0. The fourth-order valence-corrected chi connectivity index (χ4v) is 2.93. The van der Waals surface area contributed by atoms with Crippen molar-refractivity contribution < 1.29 is 22.7 Å². The lowest BCUT2D eigenvalue weighted by atomic mass is 10.2. The van der Waals surface area contributed by atoms with Gasteiger partial charge in [0, 0.05) is 11.6 Å². The van der Waals surface area contributed by atoms with Gasteiger partial charge >= 0.3 is 5.97 Å². The van der Waals surface area contributed by atoms with Crippen LogP contribution in [0.1, 0.15) is 24.2 Å². The number of hydrogen-bond acceptors (Lipinski definition) is 5. The van der Waals surface area contributed by atoms with E-state index in [9.17, 15) is 13.2 Å².